The maximum Gasteiger partial charge on any atom is 0.252 e. The van der Waals surface area contributed by atoms with Crippen LogP contribution in [0.3, 0.4) is 0 Å². The number of fused-ring (bicyclic) bond motifs is 3. The van der Waals surface area contributed by atoms with Crippen LogP contribution in [0, 0.1) is 13.8 Å². The maximum atomic E-state index is 12.4. The Hall–Kier alpha value is -2.59. The summed E-state index contributed by atoms with van der Waals surface area (Å²) >= 11 is 6.08. The lowest BCUT2D eigenvalue weighted by atomic mass is 10.0. The minimum absolute atomic E-state index is 0.135. The van der Waals surface area contributed by atoms with Gasteiger partial charge in [-0.2, -0.15) is 0 Å². The van der Waals surface area contributed by atoms with E-state index in [0.29, 0.717) is 27.3 Å². The van der Waals surface area contributed by atoms with Gasteiger partial charge < -0.3 is 9.40 Å². The molecule has 5 heteroatoms. The lowest BCUT2D eigenvalue weighted by molar-refractivity contribution is 0.668. The fraction of sp³-hybridized carbons (Fsp3) is 0.200. The van der Waals surface area contributed by atoms with E-state index in [9.17, 15) is 4.79 Å². The Labute approximate surface area is 150 Å². The first-order valence-electron chi connectivity index (χ1n) is 8.22. The molecule has 4 aromatic rings. The molecule has 4 nitrogen and oxygen atoms in total. The fourth-order valence-electron chi connectivity index (χ4n) is 2.91. The Bertz CT molecular complexity index is 1130. The molecule has 0 spiro atoms. The third kappa shape index (κ3) is 2.94. The number of H-pyrrole nitrogens is 1. The van der Waals surface area contributed by atoms with Crippen molar-refractivity contribution in [3.05, 3.63) is 63.2 Å². The number of nitrogens with zero attached hydrogens (tertiary/aromatic N) is 1. The summed E-state index contributed by atoms with van der Waals surface area (Å²) in [5.74, 6) is 0. The minimum Gasteiger partial charge on any atom is -0.454 e. The van der Waals surface area contributed by atoms with Gasteiger partial charge in [-0.25, -0.2) is 0 Å². The van der Waals surface area contributed by atoms with Gasteiger partial charge in [0.05, 0.1) is 5.52 Å². The van der Waals surface area contributed by atoms with Crippen LogP contribution in [0.2, 0.25) is 5.02 Å². The van der Waals surface area contributed by atoms with E-state index < -0.39 is 0 Å². The van der Waals surface area contributed by atoms with Crippen molar-refractivity contribution in [2.75, 3.05) is 0 Å². The molecule has 128 valence electrons. The molecule has 1 N–H and O–H groups in total. The molecule has 3 heterocycles. The number of aromatic amines is 1. The Kier molecular flexibility index (Phi) is 4.64. The van der Waals surface area contributed by atoms with E-state index in [1.54, 1.807) is 25.3 Å². The molecule has 0 saturated carbocycles. The molecule has 0 radical (unpaired) electrons. The molecule has 0 aliphatic carbocycles. The summed E-state index contributed by atoms with van der Waals surface area (Å²) in [7, 11) is 0. The molecule has 1 aromatic carbocycles. The van der Waals surface area contributed by atoms with Gasteiger partial charge >= 0.3 is 0 Å². The first-order valence-corrected chi connectivity index (χ1v) is 8.60. The zero-order chi connectivity index (χ0) is 18.1. The number of hydrogen-bond donors (Lipinski definition) is 1. The fourth-order valence-corrected chi connectivity index (χ4v) is 3.08. The molecule has 0 amide bonds. The van der Waals surface area contributed by atoms with Gasteiger partial charge in [0.1, 0.15) is 5.58 Å². The number of furan rings is 1. The molecule has 0 fully saturated rings. The molecule has 3 aromatic heterocycles. The summed E-state index contributed by atoms with van der Waals surface area (Å²) < 4.78 is 6.02. The van der Waals surface area contributed by atoms with E-state index >= 15 is 0 Å². The van der Waals surface area contributed by atoms with E-state index in [1.165, 1.54) is 0 Å². The monoisotopic (exact) mass is 354 g/mol. The highest BCUT2D eigenvalue weighted by molar-refractivity contribution is 6.31. The number of benzene rings is 1. The second-order valence-electron chi connectivity index (χ2n) is 5.59. The predicted molar refractivity (Wildman–Crippen MR) is 103 cm³/mol. The smallest absolute Gasteiger partial charge is 0.252 e. The molecule has 0 bridgehead atoms. The molecular weight excluding hydrogens is 336 g/mol. The second-order valence-corrected chi connectivity index (χ2v) is 6.02. The van der Waals surface area contributed by atoms with E-state index in [4.69, 9.17) is 16.0 Å². The molecule has 0 unspecified atom stereocenters. The summed E-state index contributed by atoms with van der Waals surface area (Å²) in [5, 5.41) is 1.40. The average molecular weight is 355 g/mol. The normalized spacial score (nSPS) is 10.8. The van der Waals surface area contributed by atoms with Crippen molar-refractivity contribution >= 4 is 33.7 Å². The molecule has 25 heavy (non-hydrogen) atoms. The van der Waals surface area contributed by atoms with Gasteiger partial charge in [-0.05, 0) is 49.7 Å². The van der Waals surface area contributed by atoms with Crippen LogP contribution in [0.5, 0.6) is 0 Å². The number of aryl methyl sites for hydroxylation is 1. The van der Waals surface area contributed by atoms with E-state index in [1.807, 2.05) is 39.0 Å². The standard InChI is InChI=1S/C18H13ClN2O2.C2H6/c1-9-7-11(5-6-20-9)15-10(2)18(22)21-16-13-8-12(19)3-4-14(13)23-17(15)16;1-2/h3-8H,1-2H3,(H,21,22);1-2H3. The van der Waals surface area contributed by atoms with Crippen LogP contribution in [-0.4, -0.2) is 9.97 Å². The maximum absolute atomic E-state index is 12.4. The van der Waals surface area contributed by atoms with Gasteiger partial charge in [0, 0.05) is 33.4 Å². The Morgan fingerprint density at radius 3 is 2.60 bits per heavy atom. The van der Waals surface area contributed by atoms with Crippen LogP contribution in [0.25, 0.3) is 33.2 Å². The van der Waals surface area contributed by atoms with E-state index in [2.05, 4.69) is 9.97 Å². The van der Waals surface area contributed by atoms with Crippen LogP contribution in [-0.2, 0) is 0 Å². The first-order chi connectivity index (χ1) is 12.0. The highest BCUT2D eigenvalue weighted by atomic mass is 35.5. The third-order valence-electron chi connectivity index (χ3n) is 4.02. The van der Waals surface area contributed by atoms with Gasteiger partial charge in [-0.15, -0.1) is 0 Å². The highest BCUT2D eigenvalue weighted by Gasteiger charge is 2.18. The van der Waals surface area contributed by atoms with E-state index in [0.717, 1.165) is 22.2 Å². The third-order valence-corrected chi connectivity index (χ3v) is 4.25. The van der Waals surface area contributed by atoms with Crippen molar-refractivity contribution in [3.63, 3.8) is 0 Å². The van der Waals surface area contributed by atoms with Crippen LogP contribution in [0.1, 0.15) is 25.1 Å². The van der Waals surface area contributed by atoms with Crippen molar-refractivity contribution in [2.24, 2.45) is 0 Å². The number of halogens is 1. The van der Waals surface area contributed by atoms with Crippen molar-refractivity contribution in [1.82, 2.24) is 9.97 Å². The van der Waals surface area contributed by atoms with Crippen LogP contribution < -0.4 is 5.56 Å². The van der Waals surface area contributed by atoms with Gasteiger partial charge in [0.2, 0.25) is 0 Å². The van der Waals surface area contributed by atoms with Crippen molar-refractivity contribution < 1.29 is 4.42 Å². The van der Waals surface area contributed by atoms with Gasteiger partial charge in [0.15, 0.2) is 5.58 Å². The largest absolute Gasteiger partial charge is 0.454 e. The van der Waals surface area contributed by atoms with Crippen LogP contribution in [0.15, 0.2) is 45.7 Å². The van der Waals surface area contributed by atoms with E-state index in [-0.39, 0.29) is 5.56 Å². The zero-order valence-corrected chi connectivity index (χ0v) is 15.4. The van der Waals surface area contributed by atoms with Crippen molar-refractivity contribution in [2.45, 2.75) is 27.7 Å². The summed E-state index contributed by atoms with van der Waals surface area (Å²) in [6, 6.07) is 9.21. The predicted octanol–water partition coefficient (Wildman–Crippen LogP) is 5.63. The van der Waals surface area contributed by atoms with Crippen molar-refractivity contribution in [3.8, 4) is 11.1 Å². The number of hydrogen-bond acceptors (Lipinski definition) is 3. The van der Waals surface area contributed by atoms with Gasteiger partial charge in [0.25, 0.3) is 5.56 Å². The zero-order valence-electron chi connectivity index (χ0n) is 14.6. The Morgan fingerprint density at radius 1 is 1.12 bits per heavy atom. The summed E-state index contributed by atoms with van der Waals surface area (Å²) in [5.41, 5.74) is 5.09. The lowest BCUT2D eigenvalue weighted by Crippen LogP contribution is -2.10. The van der Waals surface area contributed by atoms with Crippen LogP contribution in [0.4, 0.5) is 0 Å². The van der Waals surface area contributed by atoms with Gasteiger partial charge in [-0.1, -0.05) is 25.4 Å². The SMILES string of the molecule is CC.Cc1cc(-c2c(C)c(=O)[nH]c3c2oc2ccc(Cl)cc23)ccn1. The first kappa shape index (κ1) is 17.2. The number of rotatable bonds is 1. The van der Waals surface area contributed by atoms with Crippen LogP contribution >= 0.6 is 11.6 Å². The second kappa shape index (κ2) is 6.73. The molecule has 4 rings (SSSR count). The van der Waals surface area contributed by atoms with Crippen molar-refractivity contribution in [1.29, 1.82) is 0 Å². The molecular formula is C20H19ClN2O2. The topological polar surface area (TPSA) is 58.9 Å². The molecule has 0 aliphatic rings. The summed E-state index contributed by atoms with van der Waals surface area (Å²) in [4.78, 5) is 19.5. The molecule has 0 aliphatic heterocycles. The molecule has 0 saturated heterocycles. The Balaban J connectivity index is 0.000000880. The minimum atomic E-state index is -0.135. The summed E-state index contributed by atoms with van der Waals surface area (Å²) in [6.07, 6.45) is 1.73. The Morgan fingerprint density at radius 2 is 1.88 bits per heavy atom. The number of nitrogens with one attached hydrogen (secondary N) is 1. The molecule has 0 atom stereocenters. The summed E-state index contributed by atoms with van der Waals surface area (Å²) in [6.45, 7) is 7.71. The van der Waals surface area contributed by atoms with Gasteiger partial charge in [-0.3, -0.25) is 9.78 Å². The average Bonchev–Trinajstić information content (AvgIpc) is 2.95. The quantitative estimate of drug-likeness (QED) is 0.481. The number of pyridine rings is 2. The number of aromatic nitrogens is 2. The lowest BCUT2D eigenvalue weighted by Gasteiger charge is -2.06. The highest BCUT2D eigenvalue weighted by Crippen LogP contribution is 2.36.